The molecule has 0 saturated heterocycles. The number of benzene rings is 1. The normalized spacial score (nSPS) is 11.9. The van der Waals surface area contributed by atoms with E-state index in [1.807, 2.05) is 12.1 Å². The van der Waals surface area contributed by atoms with Crippen LogP contribution in [0.2, 0.25) is 0 Å². The van der Waals surface area contributed by atoms with Crippen molar-refractivity contribution < 1.29 is 12.8 Å². The Labute approximate surface area is 177 Å². The van der Waals surface area contributed by atoms with E-state index in [0.29, 0.717) is 23.8 Å². The van der Waals surface area contributed by atoms with Gasteiger partial charge < -0.3 is 10.2 Å². The summed E-state index contributed by atoms with van der Waals surface area (Å²) in [6, 6.07) is 10.4. The highest BCUT2D eigenvalue weighted by molar-refractivity contribution is 7.92. The second-order valence-electron chi connectivity index (χ2n) is 6.79. The molecule has 10 heteroatoms. The fourth-order valence-electron chi connectivity index (χ4n) is 2.72. The SMILES string of the molecule is CC(C)S(=O)(=O)c1ccc(-c2cncc(-c3nnc(-c4ccc(CN)s4)o3)n2)cc1. The summed E-state index contributed by atoms with van der Waals surface area (Å²) in [6.45, 7) is 3.77. The van der Waals surface area contributed by atoms with Crippen LogP contribution in [-0.2, 0) is 16.4 Å². The fourth-order valence-corrected chi connectivity index (χ4v) is 4.59. The van der Waals surface area contributed by atoms with Crippen LogP contribution < -0.4 is 5.73 Å². The Morgan fingerprint density at radius 1 is 1.00 bits per heavy atom. The Balaban J connectivity index is 1.62. The van der Waals surface area contributed by atoms with Crippen molar-refractivity contribution in [3.63, 3.8) is 0 Å². The molecular formula is C20H19N5O3S2. The van der Waals surface area contributed by atoms with Crippen LogP contribution in [0.3, 0.4) is 0 Å². The third-order valence-corrected chi connectivity index (χ3v) is 7.72. The van der Waals surface area contributed by atoms with Gasteiger partial charge in [-0.1, -0.05) is 12.1 Å². The van der Waals surface area contributed by atoms with Gasteiger partial charge in [0, 0.05) is 17.0 Å². The molecule has 0 unspecified atom stereocenters. The van der Waals surface area contributed by atoms with E-state index < -0.39 is 15.1 Å². The maximum Gasteiger partial charge on any atom is 0.268 e. The summed E-state index contributed by atoms with van der Waals surface area (Å²) in [5.41, 5.74) is 7.39. The van der Waals surface area contributed by atoms with Gasteiger partial charge >= 0.3 is 0 Å². The lowest BCUT2D eigenvalue weighted by atomic mass is 10.1. The highest BCUT2D eigenvalue weighted by atomic mass is 32.2. The highest BCUT2D eigenvalue weighted by Crippen LogP contribution is 2.29. The van der Waals surface area contributed by atoms with Crippen LogP contribution in [0.1, 0.15) is 18.7 Å². The van der Waals surface area contributed by atoms with Gasteiger partial charge in [-0.05, 0) is 38.1 Å². The molecule has 0 bridgehead atoms. The molecular weight excluding hydrogens is 422 g/mol. The number of rotatable bonds is 6. The largest absolute Gasteiger partial charge is 0.414 e. The fraction of sp³-hybridized carbons (Fsp3) is 0.200. The molecule has 8 nitrogen and oxygen atoms in total. The Hall–Kier alpha value is -2.95. The molecule has 2 N–H and O–H groups in total. The molecule has 0 saturated carbocycles. The van der Waals surface area contributed by atoms with Crippen LogP contribution in [0.25, 0.3) is 33.6 Å². The predicted octanol–water partition coefficient (Wildman–Crippen LogP) is 3.56. The van der Waals surface area contributed by atoms with Crippen LogP contribution in [-0.4, -0.2) is 33.8 Å². The van der Waals surface area contributed by atoms with Crippen LogP contribution in [0, 0.1) is 0 Å². The van der Waals surface area contributed by atoms with Gasteiger partial charge in [0.25, 0.3) is 11.8 Å². The quantitative estimate of drug-likeness (QED) is 0.481. The summed E-state index contributed by atoms with van der Waals surface area (Å²) >= 11 is 1.49. The standard InChI is InChI=1S/C20H19N5O3S2/c1-12(2)30(26,27)15-6-3-13(4-7-15)16-10-22-11-17(23-16)19-24-25-20(28-19)18-8-5-14(9-21)29-18/h3-8,10-12H,9,21H2,1-2H3. The van der Waals surface area contributed by atoms with Crippen molar-refractivity contribution in [3.05, 3.63) is 53.7 Å². The van der Waals surface area contributed by atoms with E-state index in [4.69, 9.17) is 10.2 Å². The van der Waals surface area contributed by atoms with Gasteiger partial charge in [-0.15, -0.1) is 21.5 Å². The number of thiophene rings is 1. The van der Waals surface area contributed by atoms with Gasteiger partial charge in [0.2, 0.25) is 0 Å². The zero-order valence-corrected chi connectivity index (χ0v) is 17.9. The summed E-state index contributed by atoms with van der Waals surface area (Å²) in [4.78, 5) is 10.9. The summed E-state index contributed by atoms with van der Waals surface area (Å²) in [5, 5.41) is 7.68. The number of hydrogen-bond acceptors (Lipinski definition) is 9. The average Bonchev–Trinajstić information content (AvgIpc) is 3.43. The molecule has 0 atom stereocenters. The van der Waals surface area contributed by atoms with Crippen LogP contribution in [0.4, 0.5) is 0 Å². The third kappa shape index (κ3) is 3.89. The van der Waals surface area contributed by atoms with Crippen molar-refractivity contribution in [2.75, 3.05) is 0 Å². The molecule has 4 aromatic rings. The van der Waals surface area contributed by atoms with E-state index in [1.165, 1.54) is 17.5 Å². The van der Waals surface area contributed by atoms with Crippen LogP contribution >= 0.6 is 11.3 Å². The van der Waals surface area contributed by atoms with Gasteiger partial charge in [-0.2, -0.15) is 0 Å². The number of aromatic nitrogens is 4. The van der Waals surface area contributed by atoms with E-state index in [-0.39, 0.29) is 10.8 Å². The van der Waals surface area contributed by atoms with Gasteiger partial charge in [0.15, 0.2) is 9.84 Å². The van der Waals surface area contributed by atoms with Crippen molar-refractivity contribution in [2.24, 2.45) is 5.73 Å². The number of nitrogens with zero attached hydrogens (tertiary/aromatic N) is 4. The van der Waals surface area contributed by atoms with E-state index in [2.05, 4.69) is 20.2 Å². The maximum atomic E-state index is 12.3. The average molecular weight is 442 g/mol. The first-order valence-electron chi connectivity index (χ1n) is 9.18. The molecule has 0 aliphatic heterocycles. The lowest BCUT2D eigenvalue weighted by molar-refractivity contribution is 0.583. The highest BCUT2D eigenvalue weighted by Gasteiger charge is 2.19. The van der Waals surface area contributed by atoms with Gasteiger partial charge in [-0.25, -0.2) is 13.4 Å². The van der Waals surface area contributed by atoms with Gasteiger partial charge in [-0.3, -0.25) is 4.98 Å². The van der Waals surface area contributed by atoms with Crippen molar-refractivity contribution in [3.8, 4) is 33.6 Å². The zero-order valence-electron chi connectivity index (χ0n) is 16.3. The Morgan fingerprint density at radius 3 is 2.37 bits per heavy atom. The van der Waals surface area contributed by atoms with Crippen molar-refractivity contribution in [2.45, 2.75) is 30.5 Å². The van der Waals surface area contributed by atoms with Crippen LogP contribution in [0.5, 0.6) is 0 Å². The summed E-state index contributed by atoms with van der Waals surface area (Å²) in [5.74, 6) is 0.645. The van der Waals surface area contributed by atoms with Crippen molar-refractivity contribution in [1.29, 1.82) is 0 Å². The zero-order chi connectivity index (χ0) is 21.3. The first-order chi connectivity index (χ1) is 14.4. The van der Waals surface area contributed by atoms with E-state index in [1.54, 1.807) is 44.3 Å². The summed E-state index contributed by atoms with van der Waals surface area (Å²) < 4.78 is 30.4. The topological polar surface area (TPSA) is 125 Å². The molecule has 0 radical (unpaired) electrons. The Kier molecular flexibility index (Phi) is 5.46. The van der Waals surface area contributed by atoms with E-state index >= 15 is 0 Å². The minimum atomic E-state index is -3.33. The minimum Gasteiger partial charge on any atom is -0.414 e. The molecule has 0 aliphatic rings. The minimum absolute atomic E-state index is 0.251. The third-order valence-electron chi connectivity index (χ3n) is 4.45. The molecule has 3 heterocycles. The number of hydrogen-bond donors (Lipinski definition) is 1. The van der Waals surface area contributed by atoms with E-state index in [0.717, 1.165) is 15.3 Å². The first-order valence-corrected chi connectivity index (χ1v) is 11.5. The molecule has 0 aliphatic carbocycles. The Bertz CT molecular complexity index is 1280. The summed E-state index contributed by atoms with van der Waals surface area (Å²) in [6.07, 6.45) is 3.14. The molecule has 4 rings (SSSR count). The van der Waals surface area contributed by atoms with Gasteiger partial charge in [0.1, 0.15) is 5.69 Å². The van der Waals surface area contributed by atoms with Crippen LogP contribution in [0.15, 0.2) is 58.1 Å². The van der Waals surface area contributed by atoms with E-state index in [9.17, 15) is 8.42 Å². The molecule has 0 fully saturated rings. The maximum absolute atomic E-state index is 12.3. The monoisotopic (exact) mass is 441 g/mol. The molecule has 0 amide bonds. The lowest BCUT2D eigenvalue weighted by Crippen LogP contribution is -2.13. The first kappa shape index (κ1) is 20.3. The second-order valence-corrected chi connectivity index (χ2v) is 10.5. The second kappa shape index (κ2) is 8.05. The Morgan fingerprint density at radius 2 is 1.70 bits per heavy atom. The number of sulfone groups is 1. The predicted molar refractivity (Wildman–Crippen MR) is 114 cm³/mol. The van der Waals surface area contributed by atoms with Crippen molar-refractivity contribution >= 4 is 21.2 Å². The molecule has 3 aromatic heterocycles. The molecule has 154 valence electrons. The molecule has 1 aromatic carbocycles. The molecule has 0 spiro atoms. The lowest BCUT2D eigenvalue weighted by Gasteiger charge is -2.08. The van der Waals surface area contributed by atoms with Crippen molar-refractivity contribution in [1.82, 2.24) is 20.2 Å². The summed E-state index contributed by atoms with van der Waals surface area (Å²) in [7, 11) is -3.33. The smallest absolute Gasteiger partial charge is 0.268 e. The van der Waals surface area contributed by atoms with Gasteiger partial charge in [0.05, 0.1) is 33.1 Å². The number of nitrogens with two attached hydrogens (primary N) is 1. The molecule has 30 heavy (non-hydrogen) atoms.